The van der Waals surface area contributed by atoms with Gasteiger partial charge in [0.25, 0.3) is 0 Å². The second-order valence-corrected chi connectivity index (χ2v) is 6.53. The van der Waals surface area contributed by atoms with Crippen molar-refractivity contribution in [1.82, 2.24) is 4.90 Å². The maximum Gasteiger partial charge on any atom is 0.306 e. The molecule has 134 valence electrons. The van der Waals surface area contributed by atoms with E-state index in [1.807, 2.05) is 19.9 Å². The van der Waals surface area contributed by atoms with Crippen LogP contribution in [0, 0.1) is 0 Å². The van der Waals surface area contributed by atoms with E-state index in [1.165, 1.54) is 5.56 Å². The zero-order chi connectivity index (χ0) is 17.3. The molecule has 0 aromatic heterocycles. The number of rotatable bonds is 9. The smallest absolute Gasteiger partial charge is 0.306 e. The minimum atomic E-state index is -0.301. The third-order valence-electron chi connectivity index (χ3n) is 4.85. The molecule has 0 amide bonds. The first-order valence-electron chi connectivity index (χ1n) is 9.23. The second-order valence-electron chi connectivity index (χ2n) is 6.53. The molecule has 1 aromatic rings. The summed E-state index contributed by atoms with van der Waals surface area (Å²) in [5.41, 5.74) is 1.01. The van der Waals surface area contributed by atoms with E-state index >= 15 is 0 Å². The maximum atomic E-state index is 11.9. The molecule has 2 rings (SSSR count). The Hall–Kier alpha value is -1.39. The Balaban J connectivity index is 1.91. The highest BCUT2D eigenvalue weighted by Gasteiger charge is 2.37. The average Bonchev–Trinajstić information content (AvgIpc) is 2.63. The van der Waals surface area contributed by atoms with Gasteiger partial charge in [-0.05, 0) is 38.2 Å². The van der Waals surface area contributed by atoms with E-state index in [2.05, 4.69) is 29.2 Å². The highest BCUT2D eigenvalue weighted by atomic mass is 16.6. The molecular formula is C20H31NO3. The summed E-state index contributed by atoms with van der Waals surface area (Å²) in [7, 11) is 0. The van der Waals surface area contributed by atoms with Crippen LogP contribution in [0.4, 0.5) is 0 Å². The van der Waals surface area contributed by atoms with Crippen LogP contribution < -0.4 is 0 Å². The molecule has 0 spiro atoms. The van der Waals surface area contributed by atoms with Gasteiger partial charge in [0.1, 0.15) is 5.60 Å². The summed E-state index contributed by atoms with van der Waals surface area (Å²) in [5, 5.41) is 0. The van der Waals surface area contributed by atoms with Crippen molar-refractivity contribution in [3.05, 3.63) is 35.9 Å². The maximum absolute atomic E-state index is 11.9. The number of likely N-dealkylation sites (tertiary alicyclic amines) is 1. The molecule has 0 radical (unpaired) electrons. The van der Waals surface area contributed by atoms with Gasteiger partial charge in [0.15, 0.2) is 0 Å². The SMILES string of the molecule is CCOCCN1CCC(CCc2ccccc2)(OC(=O)CC)CC1. The van der Waals surface area contributed by atoms with Crippen LogP contribution in [0.5, 0.6) is 0 Å². The van der Waals surface area contributed by atoms with Crippen LogP contribution in [0.25, 0.3) is 0 Å². The van der Waals surface area contributed by atoms with Crippen LogP contribution >= 0.6 is 0 Å². The molecule has 1 aliphatic heterocycles. The number of carbonyl (C=O) groups excluding carboxylic acids is 1. The molecule has 0 saturated carbocycles. The van der Waals surface area contributed by atoms with Gasteiger partial charge in [0.2, 0.25) is 0 Å². The van der Waals surface area contributed by atoms with E-state index in [1.54, 1.807) is 0 Å². The molecule has 24 heavy (non-hydrogen) atoms. The predicted molar refractivity (Wildman–Crippen MR) is 96.0 cm³/mol. The number of esters is 1. The molecule has 1 heterocycles. The van der Waals surface area contributed by atoms with Gasteiger partial charge < -0.3 is 14.4 Å². The van der Waals surface area contributed by atoms with Gasteiger partial charge in [-0.25, -0.2) is 0 Å². The van der Waals surface area contributed by atoms with Gasteiger partial charge in [-0.1, -0.05) is 37.3 Å². The predicted octanol–water partition coefficient (Wildman–Crippen LogP) is 3.44. The standard InChI is InChI=1S/C20H31NO3/c1-3-19(22)24-20(11-10-18-8-6-5-7-9-18)12-14-21(15-13-20)16-17-23-4-2/h5-9H,3-4,10-17H2,1-2H3. The fraction of sp³-hybridized carbons (Fsp3) is 0.650. The number of benzene rings is 1. The molecule has 1 saturated heterocycles. The van der Waals surface area contributed by atoms with Crippen LogP contribution in [0.2, 0.25) is 0 Å². The van der Waals surface area contributed by atoms with E-state index < -0.39 is 0 Å². The Morgan fingerprint density at radius 1 is 1.17 bits per heavy atom. The van der Waals surface area contributed by atoms with Crippen LogP contribution in [0.3, 0.4) is 0 Å². The number of hydrogen-bond acceptors (Lipinski definition) is 4. The van der Waals surface area contributed by atoms with E-state index in [0.29, 0.717) is 6.42 Å². The number of piperidine rings is 1. The summed E-state index contributed by atoms with van der Waals surface area (Å²) < 4.78 is 11.4. The molecule has 0 atom stereocenters. The zero-order valence-corrected chi connectivity index (χ0v) is 15.1. The first kappa shape index (κ1) is 18.9. The summed E-state index contributed by atoms with van der Waals surface area (Å²) in [5.74, 6) is -0.0779. The van der Waals surface area contributed by atoms with Crippen LogP contribution in [0.1, 0.15) is 45.1 Å². The fourth-order valence-corrected chi connectivity index (χ4v) is 3.26. The normalized spacial score (nSPS) is 17.6. The van der Waals surface area contributed by atoms with Crippen LogP contribution in [-0.4, -0.2) is 49.3 Å². The molecule has 0 N–H and O–H groups in total. The van der Waals surface area contributed by atoms with Crippen LogP contribution in [0.15, 0.2) is 30.3 Å². The van der Waals surface area contributed by atoms with Crippen molar-refractivity contribution in [2.75, 3.05) is 32.8 Å². The molecule has 0 bridgehead atoms. The van der Waals surface area contributed by atoms with E-state index in [-0.39, 0.29) is 11.6 Å². The van der Waals surface area contributed by atoms with Crippen molar-refractivity contribution in [3.63, 3.8) is 0 Å². The van der Waals surface area contributed by atoms with Crippen molar-refractivity contribution >= 4 is 5.97 Å². The first-order valence-corrected chi connectivity index (χ1v) is 9.23. The summed E-state index contributed by atoms with van der Waals surface area (Å²) in [4.78, 5) is 14.3. The lowest BCUT2D eigenvalue weighted by Gasteiger charge is -2.41. The minimum absolute atomic E-state index is 0.0779. The number of nitrogens with zero attached hydrogens (tertiary/aromatic N) is 1. The van der Waals surface area contributed by atoms with Crippen molar-refractivity contribution in [2.45, 2.75) is 51.6 Å². The molecule has 4 heteroatoms. The van der Waals surface area contributed by atoms with Crippen molar-refractivity contribution in [3.8, 4) is 0 Å². The van der Waals surface area contributed by atoms with Crippen molar-refractivity contribution in [2.24, 2.45) is 0 Å². The minimum Gasteiger partial charge on any atom is -0.459 e. The third kappa shape index (κ3) is 5.91. The summed E-state index contributed by atoms with van der Waals surface area (Å²) in [6, 6.07) is 10.5. The zero-order valence-electron chi connectivity index (χ0n) is 15.1. The summed E-state index contributed by atoms with van der Waals surface area (Å²) in [6.45, 7) is 8.34. The lowest BCUT2D eigenvalue weighted by molar-refractivity contribution is -0.165. The second kappa shape index (κ2) is 9.80. The van der Waals surface area contributed by atoms with Crippen LogP contribution in [-0.2, 0) is 20.7 Å². The summed E-state index contributed by atoms with van der Waals surface area (Å²) >= 11 is 0. The quantitative estimate of drug-likeness (QED) is 0.512. The number of ether oxygens (including phenoxy) is 2. The van der Waals surface area contributed by atoms with Gasteiger partial charge in [0.05, 0.1) is 6.61 Å². The summed E-state index contributed by atoms with van der Waals surface area (Å²) in [6.07, 6.45) is 4.13. The van der Waals surface area contributed by atoms with Gasteiger partial charge in [-0.3, -0.25) is 4.79 Å². The number of carbonyl (C=O) groups is 1. The lowest BCUT2D eigenvalue weighted by atomic mass is 9.85. The molecule has 0 unspecified atom stereocenters. The Labute approximate surface area is 146 Å². The first-order chi connectivity index (χ1) is 11.7. The topological polar surface area (TPSA) is 38.8 Å². The van der Waals surface area contributed by atoms with Gasteiger partial charge in [-0.15, -0.1) is 0 Å². The Kier molecular flexibility index (Phi) is 7.73. The highest BCUT2D eigenvalue weighted by Crippen LogP contribution is 2.32. The third-order valence-corrected chi connectivity index (χ3v) is 4.85. The largest absolute Gasteiger partial charge is 0.459 e. The molecular weight excluding hydrogens is 302 g/mol. The van der Waals surface area contributed by atoms with Gasteiger partial charge >= 0.3 is 5.97 Å². The molecule has 4 nitrogen and oxygen atoms in total. The lowest BCUT2D eigenvalue weighted by Crippen LogP contribution is -2.48. The molecule has 0 aliphatic carbocycles. The molecule has 1 fully saturated rings. The Morgan fingerprint density at radius 3 is 2.50 bits per heavy atom. The highest BCUT2D eigenvalue weighted by molar-refractivity contribution is 5.69. The number of aryl methyl sites for hydroxylation is 1. The van der Waals surface area contributed by atoms with E-state index in [9.17, 15) is 4.79 Å². The fourth-order valence-electron chi connectivity index (χ4n) is 3.26. The van der Waals surface area contributed by atoms with Crippen molar-refractivity contribution in [1.29, 1.82) is 0 Å². The Bertz CT molecular complexity index is 481. The Morgan fingerprint density at radius 2 is 1.88 bits per heavy atom. The molecule has 1 aliphatic rings. The monoisotopic (exact) mass is 333 g/mol. The average molecular weight is 333 g/mol. The van der Waals surface area contributed by atoms with E-state index in [4.69, 9.17) is 9.47 Å². The van der Waals surface area contributed by atoms with Gasteiger partial charge in [-0.2, -0.15) is 0 Å². The molecule has 1 aromatic carbocycles. The van der Waals surface area contributed by atoms with E-state index in [0.717, 1.165) is 58.5 Å². The number of hydrogen-bond donors (Lipinski definition) is 0. The van der Waals surface area contributed by atoms with Gasteiger partial charge in [0, 0.05) is 32.7 Å². The van der Waals surface area contributed by atoms with Crippen molar-refractivity contribution < 1.29 is 14.3 Å².